The molecule has 0 radical (unpaired) electrons. The van der Waals surface area contributed by atoms with Gasteiger partial charge in [-0.3, -0.25) is 0 Å². The molecule has 2 aliphatic heterocycles. The van der Waals surface area contributed by atoms with Gasteiger partial charge in [0.15, 0.2) is 0 Å². The molecule has 0 N–H and O–H groups in total. The van der Waals surface area contributed by atoms with E-state index < -0.39 is 0 Å². The van der Waals surface area contributed by atoms with Gasteiger partial charge in [-0.15, -0.1) is 0 Å². The second-order valence-corrected chi connectivity index (χ2v) is 5.86. The van der Waals surface area contributed by atoms with E-state index in [1.807, 2.05) is 0 Å². The summed E-state index contributed by atoms with van der Waals surface area (Å²) in [6.45, 7) is 8.62. The average Bonchev–Trinajstić information content (AvgIpc) is 2.85. The number of hydrogen-bond donors (Lipinski definition) is 0. The average molecular weight is 259 g/mol. The Labute approximate surface area is 116 Å². The number of benzene rings is 1. The van der Waals surface area contributed by atoms with Crippen LogP contribution in [0.2, 0.25) is 0 Å². The summed E-state index contributed by atoms with van der Waals surface area (Å²) < 4.78 is 0. The van der Waals surface area contributed by atoms with E-state index in [0.717, 1.165) is 0 Å². The van der Waals surface area contributed by atoms with Crippen LogP contribution in [0.25, 0.3) is 0 Å². The molecule has 1 aromatic rings. The number of piperazine rings is 1. The smallest absolute Gasteiger partial charge is 0.0399 e. The third-order valence-electron chi connectivity index (χ3n) is 4.48. The Morgan fingerprint density at radius 3 is 2.58 bits per heavy atom. The number of anilines is 1. The number of fused-ring (bicyclic) bond motifs is 1. The molecule has 0 saturated carbocycles. The lowest BCUT2D eigenvalue weighted by atomic mass is 10.2. The van der Waals surface area contributed by atoms with Gasteiger partial charge in [0.25, 0.3) is 0 Å². The Morgan fingerprint density at radius 2 is 1.74 bits per heavy atom. The highest BCUT2D eigenvalue weighted by Crippen LogP contribution is 2.27. The SMILES string of the molecule is CN1CCN(CCCN2CCc3ccccc32)CC1. The van der Waals surface area contributed by atoms with Crippen LogP contribution in [-0.4, -0.2) is 62.7 Å². The second-order valence-electron chi connectivity index (χ2n) is 5.86. The van der Waals surface area contributed by atoms with Crippen molar-refractivity contribution in [3.8, 4) is 0 Å². The summed E-state index contributed by atoms with van der Waals surface area (Å²) >= 11 is 0. The first-order chi connectivity index (χ1) is 9.33. The largest absolute Gasteiger partial charge is 0.371 e. The van der Waals surface area contributed by atoms with E-state index in [0.29, 0.717) is 0 Å². The van der Waals surface area contributed by atoms with E-state index in [9.17, 15) is 0 Å². The van der Waals surface area contributed by atoms with Crippen molar-refractivity contribution in [1.29, 1.82) is 0 Å². The van der Waals surface area contributed by atoms with Crippen molar-refractivity contribution >= 4 is 5.69 Å². The molecule has 3 rings (SSSR count). The van der Waals surface area contributed by atoms with E-state index >= 15 is 0 Å². The third-order valence-corrected chi connectivity index (χ3v) is 4.48. The zero-order valence-electron chi connectivity index (χ0n) is 12.0. The van der Waals surface area contributed by atoms with Crippen LogP contribution in [0.1, 0.15) is 12.0 Å². The second kappa shape index (κ2) is 5.93. The van der Waals surface area contributed by atoms with Gasteiger partial charge < -0.3 is 14.7 Å². The number of para-hydroxylation sites is 1. The monoisotopic (exact) mass is 259 g/mol. The summed E-state index contributed by atoms with van der Waals surface area (Å²) in [4.78, 5) is 7.60. The molecule has 1 aromatic carbocycles. The molecule has 1 fully saturated rings. The zero-order chi connectivity index (χ0) is 13.1. The van der Waals surface area contributed by atoms with Crippen molar-refractivity contribution in [3.63, 3.8) is 0 Å². The minimum atomic E-state index is 1.21. The van der Waals surface area contributed by atoms with Crippen molar-refractivity contribution in [1.82, 2.24) is 9.80 Å². The van der Waals surface area contributed by atoms with Crippen LogP contribution < -0.4 is 4.90 Å². The lowest BCUT2D eigenvalue weighted by Crippen LogP contribution is -2.45. The molecule has 3 heteroatoms. The fourth-order valence-electron chi connectivity index (χ4n) is 3.20. The Morgan fingerprint density at radius 1 is 0.947 bits per heavy atom. The van der Waals surface area contributed by atoms with Crippen molar-refractivity contribution in [2.24, 2.45) is 0 Å². The van der Waals surface area contributed by atoms with Gasteiger partial charge in [-0.2, -0.15) is 0 Å². The summed E-state index contributed by atoms with van der Waals surface area (Å²) in [6.07, 6.45) is 2.52. The van der Waals surface area contributed by atoms with Crippen LogP contribution in [0, 0.1) is 0 Å². The molecule has 19 heavy (non-hydrogen) atoms. The maximum absolute atomic E-state index is 2.61. The predicted molar refractivity (Wildman–Crippen MR) is 80.9 cm³/mol. The summed E-state index contributed by atoms with van der Waals surface area (Å²) in [7, 11) is 2.22. The van der Waals surface area contributed by atoms with Gasteiger partial charge in [0.2, 0.25) is 0 Å². The Balaban J connectivity index is 1.44. The van der Waals surface area contributed by atoms with Gasteiger partial charge in [0.05, 0.1) is 0 Å². The molecule has 3 nitrogen and oxygen atoms in total. The Bertz CT molecular complexity index is 410. The zero-order valence-corrected chi connectivity index (χ0v) is 12.0. The van der Waals surface area contributed by atoms with Crippen LogP contribution in [0.4, 0.5) is 5.69 Å². The maximum Gasteiger partial charge on any atom is 0.0399 e. The molecule has 0 bridgehead atoms. The first-order valence-electron chi connectivity index (χ1n) is 7.57. The molecule has 2 heterocycles. The first kappa shape index (κ1) is 12.9. The van der Waals surface area contributed by atoms with Crippen molar-refractivity contribution < 1.29 is 0 Å². The predicted octanol–water partition coefficient (Wildman–Crippen LogP) is 1.69. The highest BCUT2D eigenvalue weighted by atomic mass is 15.2. The van der Waals surface area contributed by atoms with Gasteiger partial charge in [-0.25, -0.2) is 0 Å². The standard InChI is InChI=1S/C16H25N3/c1-17-11-13-18(14-12-17)8-4-9-19-10-7-15-5-2-3-6-16(15)19/h2-3,5-6H,4,7-14H2,1H3. The summed E-state index contributed by atoms with van der Waals surface area (Å²) in [6, 6.07) is 8.87. The molecular weight excluding hydrogens is 234 g/mol. The van der Waals surface area contributed by atoms with E-state index in [2.05, 4.69) is 46.0 Å². The van der Waals surface area contributed by atoms with Gasteiger partial charge in [-0.1, -0.05) is 18.2 Å². The van der Waals surface area contributed by atoms with Crippen LogP contribution in [-0.2, 0) is 6.42 Å². The molecule has 2 aliphatic rings. The summed E-state index contributed by atoms with van der Waals surface area (Å²) in [5.41, 5.74) is 3.00. The van der Waals surface area contributed by atoms with Crippen molar-refractivity contribution in [2.45, 2.75) is 12.8 Å². The molecule has 0 aromatic heterocycles. The highest BCUT2D eigenvalue weighted by molar-refractivity contribution is 5.57. The number of rotatable bonds is 4. The normalized spacial score (nSPS) is 20.8. The molecule has 0 aliphatic carbocycles. The first-order valence-corrected chi connectivity index (χ1v) is 7.57. The fraction of sp³-hybridized carbons (Fsp3) is 0.625. The van der Waals surface area contributed by atoms with E-state index in [1.54, 1.807) is 0 Å². The van der Waals surface area contributed by atoms with E-state index in [4.69, 9.17) is 0 Å². The molecule has 0 amide bonds. The van der Waals surface area contributed by atoms with Crippen molar-refractivity contribution in [2.75, 3.05) is 57.8 Å². The van der Waals surface area contributed by atoms with E-state index in [1.165, 1.54) is 69.9 Å². The molecule has 104 valence electrons. The molecular formula is C16H25N3. The topological polar surface area (TPSA) is 9.72 Å². The fourth-order valence-corrected chi connectivity index (χ4v) is 3.20. The Hall–Kier alpha value is -1.06. The van der Waals surface area contributed by atoms with E-state index in [-0.39, 0.29) is 0 Å². The van der Waals surface area contributed by atoms with Gasteiger partial charge in [0, 0.05) is 45.0 Å². The number of likely N-dealkylation sites (N-methyl/N-ethyl adjacent to an activating group) is 1. The molecule has 1 saturated heterocycles. The van der Waals surface area contributed by atoms with Crippen LogP contribution in [0.5, 0.6) is 0 Å². The minimum absolute atomic E-state index is 1.21. The lowest BCUT2D eigenvalue weighted by Gasteiger charge is -2.32. The quantitative estimate of drug-likeness (QED) is 0.814. The van der Waals surface area contributed by atoms with Crippen LogP contribution in [0.3, 0.4) is 0 Å². The van der Waals surface area contributed by atoms with Crippen molar-refractivity contribution in [3.05, 3.63) is 29.8 Å². The summed E-state index contributed by atoms with van der Waals surface area (Å²) in [5, 5.41) is 0. The van der Waals surface area contributed by atoms with Crippen LogP contribution in [0.15, 0.2) is 24.3 Å². The molecule has 0 spiro atoms. The van der Waals surface area contributed by atoms with Gasteiger partial charge in [-0.05, 0) is 38.1 Å². The summed E-state index contributed by atoms with van der Waals surface area (Å²) in [5.74, 6) is 0. The minimum Gasteiger partial charge on any atom is -0.371 e. The van der Waals surface area contributed by atoms with Gasteiger partial charge in [0.1, 0.15) is 0 Å². The lowest BCUT2D eigenvalue weighted by molar-refractivity contribution is 0.153. The van der Waals surface area contributed by atoms with Gasteiger partial charge >= 0.3 is 0 Å². The van der Waals surface area contributed by atoms with Crippen LogP contribution >= 0.6 is 0 Å². The third kappa shape index (κ3) is 3.10. The molecule has 0 atom stereocenters. The highest BCUT2D eigenvalue weighted by Gasteiger charge is 2.18. The molecule has 0 unspecified atom stereocenters. The number of nitrogens with zero attached hydrogens (tertiary/aromatic N) is 3. The Kier molecular flexibility index (Phi) is 4.04. The maximum atomic E-state index is 2.61. The number of hydrogen-bond acceptors (Lipinski definition) is 3.